The lowest BCUT2D eigenvalue weighted by molar-refractivity contribution is 0.164. The minimum Gasteiger partial charge on any atom is -0.308 e. The molecule has 0 aliphatic carbocycles. The average Bonchev–Trinajstić information content (AvgIpc) is 2.97. The van der Waals surface area contributed by atoms with Crippen molar-refractivity contribution in [3.05, 3.63) is 35.4 Å². The minimum atomic E-state index is -3.92. The van der Waals surface area contributed by atoms with E-state index in [0.717, 1.165) is 12.1 Å². The van der Waals surface area contributed by atoms with Crippen LogP contribution < -0.4 is 0 Å². The number of halogens is 2. The molecule has 1 heterocycles. The molecule has 1 aromatic carbocycles. The smallest absolute Gasteiger partial charge is 0.308 e. The van der Waals surface area contributed by atoms with Gasteiger partial charge in [0, 0.05) is 30.6 Å². The summed E-state index contributed by atoms with van der Waals surface area (Å²) in [5, 5.41) is 8.57. The lowest BCUT2D eigenvalue weighted by atomic mass is 9.88. The molecule has 0 saturated carbocycles. The van der Waals surface area contributed by atoms with Gasteiger partial charge in [0.05, 0.1) is 19.3 Å². The Balaban J connectivity index is 2.69. The van der Waals surface area contributed by atoms with Crippen LogP contribution in [-0.4, -0.2) is 41.9 Å². The summed E-state index contributed by atoms with van der Waals surface area (Å²) in [6.45, 7) is 9.79. The van der Waals surface area contributed by atoms with Crippen LogP contribution in [0.1, 0.15) is 46.1 Å². The van der Waals surface area contributed by atoms with E-state index < -0.39 is 30.3 Å². The van der Waals surface area contributed by atoms with Crippen molar-refractivity contribution in [3.8, 4) is 6.07 Å². The number of likely N-dealkylation sites (tertiary alicyclic amines) is 1. The molecule has 0 spiro atoms. The van der Waals surface area contributed by atoms with Gasteiger partial charge in [0.15, 0.2) is 5.16 Å². The molecule has 5 nitrogen and oxygen atoms in total. The van der Waals surface area contributed by atoms with Crippen molar-refractivity contribution in [1.29, 1.82) is 5.26 Å². The average molecular weight is 400 g/mol. The van der Waals surface area contributed by atoms with Crippen LogP contribution in [0.25, 0.3) is 0 Å². The van der Waals surface area contributed by atoms with Gasteiger partial charge in [-0.1, -0.05) is 6.07 Å². The molecule has 27 heavy (non-hydrogen) atoms. The highest BCUT2D eigenvalue weighted by Gasteiger charge is 2.63. The minimum absolute atomic E-state index is 0.0921. The molecule has 8 heteroatoms. The number of benzene rings is 1. The van der Waals surface area contributed by atoms with E-state index in [4.69, 9.17) is 9.05 Å². The third kappa shape index (κ3) is 3.95. The maximum atomic E-state index is 14.6. The van der Waals surface area contributed by atoms with E-state index in [9.17, 15) is 18.6 Å². The Morgan fingerprint density at radius 2 is 1.89 bits per heavy atom. The summed E-state index contributed by atoms with van der Waals surface area (Å²) in [7, 11) is -3.92. The van der Waals surface area contributed by atoms with E-state index in [-0.39, 0.29) is 37.4 Å². The zero-order valence-electron chi connectivity index (χ0n) is 16.5. The molecular weight excluding hydrogens is 373 g/mol. The summed E-state index contributed by atoms with van der Waals surface area (Å²) < 4.78 is 52.8. The fraction of sp³-hybridized carbons (Fsp3) is 0.632. The van der Waals surface area contributed by atoms with Gasteiger partial charge in [0.2, 0.25) is 0 Å². The lowest BCUT2D eigenvalue weighted by Gasteiger charge is -2.35. The van der Waals surface area contributed by atoms with Crippen molar-refractivity contribution in [2.24, 2.45) is 0 Å². The van der Waals surface area contributed by atoms with E-state index >= 15 is 0 Å². The predicted molar refractivity (Wildman–Crippen MR) is 99.6 cm³/mol. The van der Waals surface area contributed by atoms with Gasteiger partial charge in [-0.15, -0.1) is 0 Å². The second-order valence-electron chi connectivity index (χ2n) is 7.64. The molecule has 0 bridgehead atoms. The fourth-order valence-corrected chi connectivity index (χ4v) is 5.83. The summed E-state index contributed by atoms with van der Waals surface area (Å²) in [6, 6.07) is 5.41. The van der Waals surface area contributed by atoms with Gasteiger partial charge in [0.1, 0.15) is 11.6 Å². The Bertz CT molecular complexity index is 765. The first kappa shape index (κ1) is 22.0. The molecule has 1 saturated heterocycles. The third-order valence-electron chi connectivity index (χ3n) is 4.98. The molecule has 150 valence electrons. The number of nitriles is 1. The Labute approximate surface area is 159 Å². The van der Waals surface area contributed by atoms with E-state index in [1.165, 1.54) is 6.07 Å². The van der Waals surface area contributed by atoms with Gasteiger partial charge in [-0.05, 0) is 46.2 Å². The van der Waals surface area contributed by atoms with Crippen LogP contribution in [0.3, 0.4) is 0 Å². The molecular formula is C19H27F2N2O3P. The van der Waals surface area contributed by atoms with Crippen molar-refractivity contribution in [3.63, 3.8) is 0 Å². The van der Waals surface area contributed by atoms with E-state index in [1.807, 2.05) is 25.7 Å². The second-order valence-corrected chi connectivity index (χ2v) is 9.95. The first-order valence-electron chi connectivity index (χ1n) is 9.05. The monoisotopic (exact) mass is 400 g/mol. The molecule has 1 aliphatic rings. The SMILES string of the molecule is CCOP(=O)(OCC)[C@]1(C#N)CN(C(C)(C)C)C[C@H]1c1ccc(F)cc1F. The second kappa shape index (κ2) is 7.97. The Kier molecular flexibility index (Phi) is 6.48. The largest absolute Gasteiger partial charge is 0.352 e. The number of rotatable bonds is 6. The lowest BCUT2D eigenvalue weighted by Crippen LogP contribution is -2.43. The fourth-order valence-electron chi connectivity index (χ4n) is 3.55. The van der Waals surface area contributed by atoms with Crippen LogP contribution in [0.4, 0.5) is 8.78 Å². The Hall–Kier alpha value is -1.32. The molecule has 1 aliphatic heterocycles. The van der Waals surface area contributed by atoms with Crippen LogP contribution in [0.2, 0.25) is 0 Å². The van der Waals surface area contributed by atoms with Gasteiger partial charge in [-0.2, -0.15) is 5.26 Å². The van der Waals surface area contributed by atoms with Crippen molar-refractivity contribution in [2.45, 2.75) is 51.2 Å². The predicted octanol–water partition coefficient (Wildman–Crippen LogP) is 4.69. The van der Waals surface area contributed by atoms with Crippen molar-refractivity contribution in [1.82, 2.24) is 4.90 Å². The third-order valence-corrected chi connectivity index (χ3v) is 7.71. The van der Waals surface area contributed by atoms with Crippen molar-refractivity contribution < 1.29 is 22.4 Å². The van der Waals surface area contributed by atoms with Gasteiger partial charge in [-0.3, -0.25) is 9.46 Å². The standard InChI is InChI=1S/C19H27F2N2O3P/c1-6-25-27(24,26-7-2)19(12-22)13-23(18(3,4)5)11-16(19)15-9-8-14(20)10-17(15)21/h8-10,16H,6-7,11,13H2,1-5H3/t16-,19+/m0/s1. The highest BCUT2D eigenvalue weighted by molar-refractivity contribution is 7.56. The summed E-state index contributed by atoms with van der Waals surface area (Å²) in [5.74, 6) is -2.26. The maximum absolute atomic E-state index is 14.6. The molecule has 0 N–H and O–H groups in total. The molecule has 0 radical (unpaired) electrons. The molecule has 1 aromatic rings. The van der Waals surface area contributed by atoms with Crippen LogP contribution >= 0.6 is 7.60 Å². The molecule has 0 amide bonds. The molecule has 2 rings (SSSR count). The molecule has 2 atom stereocenters. The number of nitrogens with zero attached hydrogens (tertiary/aromatic N) is 2. The van der Waals surface area contributed by atoms with Crippen LogP contribution in [0.15, 0.2) is 18.2 Å². The topological polar surface area (TPSA) is 62.6 Å². The Morgan fingerprint density at radius 1 is 1.30 bits per heavy atom. The molecule has 1 fully saturated rings. The molecule has 0 unspecified atom stereocenters. The first-order chi connectivity index (χ1) is 12.5. The van der Waals surface area contributed by atoms with Crippen molar-refractivity contribution in [2.75, 3.05) is 26.3 Å². The normalized spacial score (nSPS) is 24.1. The van der Waals surface area contributed by atoms with Crippen LogP contribution in [0, 0.1) is 23.0 Å². The van der Waals surface area contributed by atoms with Gasteiger partial charge < -0.3 is 9.05 Å². The van der Waals surface area contributed by atoms with Gasteiger partial charge >= 0.3 is 7.60 Å². The van der Waals surface area contributed by atoms with Crippen LogP contribution in [0.5, 0.6) is 0 Å². The highest BCUT2D eigenvalue weighted by atomic mass is 31.2. The number of hydrogen-bond acceptors (Lipinski definition) is 5. The maximum Gasteiger partial charge on any atom is 0.352 e. The summed E-state index contributed by atoms with van der Waals surface area (Å²) in [6.07, 6.45) is 0. The van der Waals surface area contributed by atoms with E-state index in [2.05, 4.69) is 6.07 Å². The number of hydrogen-bond donors (Lipinski definition) is 0. The zero-order chi connectivity index (χ0) is 20.5. The summed E-state index contributed by atoms with van der Waals surface area (Å²) in [5.41, 5.74) is -0.208. The highest BCUT2D eigenvalue weighted by Crippen LogP contribution is 2.67. The quantitative estimate of drug-likeness (QED) is 0.648. The van der Waals surface area contributed by atoms with E-state index in [0.29, 0.717) is 0 Å². The molecule has 0 aromatic heterocycles. The summed E-state index contributed by atoms with van der Waals surface area (Å²) >= 11 is 0. The van der Waals surface area contributed by atoms with Gasteiger partial charge in [-0.25, -0.2) is 8.78 Å². The van der Waals surface area contributed by atoms with Gasteiger partial charge in [0.25, 0.3) is 0 Å². The van der Waals surface area contributed by atoms with Crippen LogP contribution in [-0.2, 0) is 13.6 Å². The first-order valence-corrected chi connectivity index (χ1v) is 10.6. The van der Waals surface area contributed by atoms with E-state index in [1.54, 1.807) is 13.8 Å². The summed E-state index contributed by atoms with van der Waals surface area (Å²) in [4.78, 5) is 1.97. The zero-order valence-corrected chi connectivity index (χ0v) is 17.4. The van der Waals surface area contributed by atoms with Crippen molar-refractivity contribution >= 4 is 7.60 Å². The Morgan fingerprint density at radius 3 is 2.33 bits per heavy atom.